The summed E-state index contributed by atoms with van der Waals surface area (Å²) in [6.45, 7) is 11.1. The number of nitrogens with zero attached hydrogens (tertiary/aromatic N) is 1. The first kappa shape index (κ1) is 12.4. The van der Waals surface area contributed by atoms with Gasteiger partial charge in [-0.3, -0.25) is 0 Å². The summed E-state index contributed by atoms with van der Waals surface area (Å²) in [5.74, 6) is 0.907. The maximum Gasteiger partial charge on any atom is 0.00354 e. The van der Waals surface area contributed by atoms with E-state index in [0.717, 1.165) is 12.5 Å². The molecule has 0 aromatic rings. The zero-order valence-electron chi connectivity index (χ0n) is 11.1. The Balaban J connectivity index is 1.72. The van der Waals surface area contributed by atoms with Gasteiger partial charge in [0.05, 0.1) is 0 Å². The fourth-order valence-corrected chi connectivity index (χ4v) is 3.50. The van der Waals surface area contributed by atoms with E-state index in [1.165, 1.54) is 58.3 Å². The molecule has 1 N–H and O–H groups in total. The molecule has 0 aromatic carbocycles. The Labute approximate surface area is 101 Å². The van der Waals surface area contributed by atoms with Gasteiger partial charge >= 0.3 is 0 Å². The van der Waals surface area contributed by atoms with Crippen LogP contribution < -0.4 is 5.32 Å². The van der Waals surface area contributed by atoms with Gasteiger partial charge in [-0.15, -0.1) is 0 Å². The Bertz CT molecular complexity index is 209. The quantitative estimate of drug-likeness (QED) is 0.772. The van der Waals surface area contributed by atoms with Crippen LogP contribution in [0, 0.1) is 11.3 Å². The minimum atomic E-state index is 0.646. The number of hydrogen-bond acceptors (Lipinski definition) is 2. The second-order valence-electron chi connectivity index (χ2n) is 6.22. The van der Waals surface area contributed by atoms with Crippen LogP contribution in [-0.4, -0.2) is 37.6 Å². The van der Waals surface area contributed by atoms with E-state index in [-0.39, 0.29) is 0 Å². The summed E-state index contributed by atoms with van der Waals surface area (Å²) < 4.78 is 0. The highest BCUT2D eigenvalue weighted by Crippen LogP contribution is 2.38. The number of nitrogens with one attached hydrogen (secondary N) is 1. The Hall–Kier alpha value is -0.0800. The maximum atomic E-state index is 3.49. The lowest BCUT2D eigenvalue weighted by atomic mass is 9.88. The molecule has 1 heterocycles. The summed E-state index contributed by atoms with van der Waals surface area (Å²) in [5, 5.41) is 3.49. The molecule has 0 radical (unpaired) electrons. The van der Waals surface area contributed by atoms with Gasteiger partial charge < -0.3 is 10.2 Å². The Morgan fingerprint density at radius 1 is 1.31 bits per heavy atom. The van der Waals surface area contributed by atoms with Crippen LogP contribution in [0.2, 0.25) is 0 Å². The molecule has 1 atom stereocenters. The van der Waals surface area contributed by atoms with Gasteiger partial charge in [-0.05, 0) is 50.2 Å². The molecule has 1 aliphatic carbocycles. The first-order valence-electron chi connectivity index (χ1n) is 7.15. The first-order chi connectivity index (χ1) is 7.72. The van der Waals surface area contributed by atoms with Gasteiger partial charge in [0.15, 0.2) is 0 Å². The van der Waals surface area contributed by atoms with Crippen LogP contribution in [0.25, 0.3) is 0 Å². The maximum absolute atomic E-state index is 3.49. The second kappa shape index (κ2) is 5.50. The van der Waals surface area contributed by atoms with Gasteiger partial charge in [-0.25, -0.2) is 0 Å². The predicted octanol–water partition coefficient (Wildman–Crippen LogP) is 2.50. The third-order valence-corrected chi connectivity index (χ3v) is 4.47. The number of hydrogen-bond donors (Lipinski definition) is 1. The summed E-state index contributed by atoms with van der Waals surface area (Å²) in [7, 11) is 0. The van der Waals surface area contributed by atoms with Crippen LogP contribution >= 0.6 is 0 Å². The molecule has 1 aliphatic heterocycles. The molecule has 2 nitrogen and oxygen atoms in total. The molecule has 1 unspecified atom stereocenters. The highest BCUT2D eigenvalue weighted by molar-refractivity contribution is 4.87. The molecule has 0 amide bonds. The number of likely N-dealkylation sites (tertiary alicyclic amines) is 1. The molecular weight excluding hydrogens is 196 g/mol. The number of rotatable bonds is 5. The van der Waals surface area contributed by atoms with Crippen LogP contribution in [0.3, 0.4) is 0 Å². The van der Waals surface area contributed by atoms with E-state index >= 15 is 0 Å². The van der Waals surface area contributed by atoms with Crippen molar-refractivity contribution in [2.24, 2.45) is 11.3 Å². The van der Waals surface area contributed by atoms with E-state index in [9.17, 15) is 0 Å². The summed E-state index contributed by atoms with van der Waals surface area (Å²) in [5.41, 5.74) is 0.646. The molecule has 94 valence electrons. The van der Waals surface area contributed by atoms with Gasteiger partial charge in [0.25, 0.3) is 0 Å². The molecule has 16 heavy (non-hydrogen) atoms. The van der Waals surface area contributed by atoms with E-state index in [2.05, 4.69) is 24.1 Å². The third-order valence-electron chi connectivity index (χ3n) is 4.47. The van der Waals surface area contributed by atoms with Gasteiger partial charge in [0, 0.05) is 13.1 Å². The SMILES string of the molecule is CCNCC1CCN(CC2(C)CCCC2)C1. The smallest absolute Gasteiger partial charge is 0.00354 e. The van der Waals surface area contributed by atoms with Gasteiger partial charge in [0.1, 0.15) is 0 Å². The molecule has 1 saturated heterocycles. The molecular formula is C14H28N2. The lowest BCUT2D eigenvalue weighted by molar-refractivity contribution is 0.191. The zero-order chi connectivity index (χ0) is 11.4. The third kappa shape index (κ3) is 3.21. The van der Waals surface area contributed by atoms with Crippen molar-refractivity contribution in [2.45, 2.75) is 46.0 Å². The van der Waals surface area contributed by atoms with Crippen molar-refractivity contribution in [3.8, 4) is 0 Å². The van der Waals surface area contributed by atoms with Gasteiger partial charge in [0.2, 0.25) is 0 Å². The average Bonchev–Trinajstić information content (AvgIpc) is 2.85. The van der Waals surface area contributed by atoms with Crippen molar-refractivity contribution in [3.05, 3.63) is 0 Å². The van der Waals surface area contributed by atoms with E-state index in [1.54, 1.807) is 0 Å². The summed E-state index contributed by atoms with van der Waals surface area (Å²) >= 11 is 0. The molecule has 0 aromatic heterocycles. The lowest BCUT2D eigenvalue weighted by Gasteiger charge is -2.29. The van der Waals surface area contributed by atoms with E-state index in [1.807, 2.05) is 0 Å². The first-order valence-corrected chi connectivity index (χ1v) is 7.15. The highest BCUT2D eigenvalue weighted by Gasteiger charge is 2.33. The lowest BCUT2D eigenvalue weighted by Crippen LogP contribution is -2.34. The van der Waals surface area contributed by atoms with E-state index in [4.69, 9.17) is 0 Å². The molecule has 2 heteroatoms. The molecule has 2 fully saturated rings. The minimum absolute atomic E-state index is 0.646. The van der Waals surface area contributed by atoms with Gasteiger partial charge in [-0.2, -0.15) is 0 Å². The van der Waals surface area contributed by atoms with Crippen molar-refractivity contribution >= 4 is 0 Å². The normalized spacial score (nSPS) is 30.0. The summed E-state index contributed by atoms with van der Waals surface area (Å²) in [6, 6.07) is 0. The van der Waals surface area contributed by atoms with E-state index in [0.29, 0.717) is 5.41 Å². The zero-order valence-corrected chi connectivity index (χ0v) is 11.1. The predicted molar refractivity (Wildman–Crippen MR) is 69.7 cm³/mol. The fourth-order valence-electron chi connectivity index (χ4n) is 3.50. The molecule has 0 bridgehead atoms. The average molecular weight is 224 g/mol. The Morgan fingerprint density at radius 2 is 2.06 bits per heavy atom. The van der Waals surface area contributed by atoms with Crippen LogP contribution in [0.15, 0.2) is 0 Å². The summed E-state index contributed by atoms with van der Waals surface area (Å²) in [6.07, 6.45) is 7.25. The molecule has 0 spiro atoms. The van der Waals surface area contributed by atoms with Crippen molar-refractivity contribution < 1.29 is 0 Å². The van der Waals surface area contributed by atoms with Crippen molar-refractivity contribution in [3.63, 3.8) is 0 Å². The minimum Gasteiger partial charge on any atom is -0.317 e. The molecule has 2 aliphatic rings. The van der Waals surface area contributed by atoms with Crippen molar-refractivity contribution in [1.82, 2.24) is 10.2 Å². The standard InChI is InChI=1S/C14H28N2/c1-3-15-10-13-6-9-16(11-13)12-14(2)7-4-5-8-14/h13,15H,3-12H2,1-2H3. The Morgan fingerprint density at radius 3 is 2.75 bits per heavy atom. The largest absolute Gasteiger partial charge is 0.317 e. The van der Waals surface area contributed by atoms with Crippen molar-refractivity contribution in [1.29, 1.82) is 0 Å². The van der Waals surface area contributed by atoms with Crippen LogP contribution in [-0.2, 0) is 0 Å². The summed E-state index contributed by atoms with van der Waals surface area (Å²) in [4.78, 5) is 2.72. The molecule has 2 rings (SSSR count). The Kier molecular flexibility index (Phi) is 4.26. The monoisotopic (exact) mass is 224 g/mol. The van der Waals surface area contributed by atoms with Crippen LogP contribution in [0.5, 0.6) is 0 Å². The highest BCUT2D eigenvalue weighted by atomic mass is 15.2. The van der Waals surface area contributed by atoms with Gasteiger partial charge in [-0.1, -0.05) is 26.7 Å². The van der Waals surface area contributed by atoms with Crippen LogP contribution in [0.1, 0.15) is 46.0 Å². The fraction of sp³-hybridized carbons (Fsp3) is 1.00. The van der Waals surface area contributed by atoms with E-state index < -0.39 is 0 Å². The topological polar surface area (TPSA) is 15.3 Å². The van der Waals surface area contributed by atoms with Crippen LogP contribution in [0.4, 0.5) is 0 Å². The van der Waals surface area contributed by atoms with Crippen molar-refractivity contribution in [2.75, 3.05) is 32.7 Å². The second-order valence-corrected chi connectivity index (χ2v) is 6.22. The molecule has 1 saturated carbocycles.